The van der Waals surface area contributed by atoms with Crippen molar-refractivity contribution in [3.63, 3.8) is 0 Å². The molecule has 0 saturated heterocycles. The normalized spacial score (nSPS) is 10.5. The predicted octanol–water partition coefficient (Wildman–Crippen LogP) is 3.31. The van der Waals surface area contributed by atoms with Gasteiger partial charge in [-0.3, -0.25) is 4.98 Å². The summed E-state index contributed by atoms with van der Waals surface area (Å²) < 4.78 is 1.06. The maximum atomic E-state index is 4.26. The van der Waals surface area contributed by atoms with E-state index in [1.165, 1.54) is 10.8 Å². The van der Waals surface area contributed by atoms with Crippen LogP contribution in [0.3, 0.4) is 0 Å². The molecule has 0 aliphatic carbocycles. The van der Waals surface area contributed by atoms with Crippen molar-refractivity contribution in [2.75, 3.05) is 0 Å². The van der Waals surface area contributed by atoms with Crippen LogP contribution < -0.4 is 0 Å². The Kier molecular flexibility index (Phi) is 1.85. The van der Waals surface area contributed by atoms with Gasteiger partial charge in [-0.2, -0.15) is 0 Å². The van der Waals surface area contributed by atoms with Crippen LogP contribution in [0.25, 0.3) is 10.8 Å². The summed E-state index contributed by atoms with van der Waals surface area (Å²) in [5.74, 6) is 0. The summed E-state index contributed by atoms with van der Waals surface area (Å²) in [5, 5.41) is 2.44. The molecule has 2 heteroatoms. The van der Waals surface area contributed by atoms with Gasteiger partial charge in [-0.1, -0.05) is 24.3 Å². The van der Waals surface area contributed by atoms with E-state index in [1.54, 1.807) is 0 Å². The van der Waals surface area contributed by atoms with Crippen LogP contribution in [0.1, 0.15) is 5.69 Å². The van der Waals surface area contributed by atoms with Gasteiger partial charge in [0.1, 0.15) is 0 Å². The number of hydrogen-bond acceptors (Lipinski definition) is 1. The lowest BCUT2D eigenvalue weighted by Crippen LogP contribution is -1.83. The summed E-state index contributed by atoms with van der Waals surface area (Å²) in [5.41, 5.74) is 1.08. The predicted molar refractivity (Wildman–Crippen MR) is 54.2 cm³/mol. The van der Waals surface area contributed by atoms with Gasteiger partial charge in [-0.25, -0.2) is 0 Å². The van der Waals surface area contributed by atoms with Crippen LogP contribution in [0.5, 0.6) is 0 Å². The van der Waals surface area contributed by atoms with Crippen molar-refractivity contribution in [2.24, 2.45) is 0 Å². The second-order valence-corrected chi connectivity index (χ2v) is 3.59. The summed E-state index contributed by atoms with van der Waals surface area (Å²) in [7, 11) is 0. The van der Waals surface area contributed by atoms with Crippen LogP contribution in [0, 0.1) is 6.92 Å². The first-order valence-electron chi connectivity index (χ1n) is 3.79. The molecule has 0 spiro atoms. The molecule has 1 aromatic heterocycles. The van der Waals surface area contributed by atoms with E-state index in [0.717, 1.165) is 10.2 Å². The Morgan fingerprint density at radius 1 is 1.17 bits per heavy atom. The number of aromatic nitrogens is 1. The fraction of sp³-hybridized carbons (Fsp3) is 0.100. The molecular weight excluding hydrogens is 214 g/mol. The van der Waals surface area contributed by atoms with Gasteiger partial charge in [-0.15, -0.1) is 0 Å². The third-order valence-corrected chi connectivity index (χ3v) is 2.58. The van der Waals surface area contributed by atoms with Gasteiger partial charge in [0.05, 0.1) is 0 Å². The van der Waals surface area contributed by atoms with E-state index in [-0.39, 0.29) is 0 Å². The standard InChI is InChI=1S/C10H8BrN/c1-7-8-4-2-3-5-9(8)10(11)6-12-7/h2-6H,1H3. The maximum Gasteiger partial charge on any atom is 0.0451 e. The molecule has 0 atom stereocenters. The average molecular weight is 222 g/mol. The number of fused-ring (bicyclic) bond motifs is 1. The van der Waals surface area contributed by atoms with E-state index >= 15 is 0 Å². The molecule has 12 heavy (non-hydrogen) atoms. The minimum absolute atomic E-state index is 1.06. The maximum absolute atomic E-state index is 4.26. The van der Waals surface area contributed by atoms with Crippen molar-refractivity contribution in [3.05, 3.63) is 40.6 Å². The van der Waals surface area contributed by atoms with E-state index in [1.807, 2.05) is 25.3 Å². The Morgan fingerprint density at radius 2 is 1.83 bits per heavy atom. The van der Waals surface area contributed by atoms with E-state index in [2.05, 4.69) is 33.0 Å². The quantitative estimate of drug-likeness (QED) is 0.666. The van der Waals surface area contributed by atoms with Crippen molar-refractivity contribution >= 4 is 26.7 Å². The van der Waals surface area contributed by atoms with Gasteiger partial charge in [0.25, 0.3) is 0 Å². The molecule has 60 valence electrons. The van der Waals surface area contributed by atoms with Crippen LogP contribution in [-0.4, -0.2) is 4.98 Å². The molecule has 0 aliphatic rings. The first-order chi connectivity index (χ1) is 5.79. The Bertz CT molecular complexity index is 383. The van der Waals surface area contributed by atoms with E-state index < -0.39 is 0 Å². The molecule has 1 nitrogen and oxygen atoms in total. The first kappa shape index (κ1) is 7.74. The summed E-state index contributed by atoms with van der Waals surface area (Å²) in [6, 6.07) is 8.24. The number of benzene rings is 1. The van der Waals surface area contributed by atoms with Crippen molar-refractivity contribution < 1.29 is 0 Å². The van der Waals surface area contributed by atoms with Gasteiger partial charge in [-0.05, 0) is 28.2 Å². The second-order valence-electron chi connectivity index (χ2n) is 2.74. The Labute approximate surface area is 79.6 Å². The number of pyridine rings is 1. The van der Waals surface area contributed by atoms with Gasteiger partial charge >= 0.3 is 0 Å². The third-order valence-electron chi connectivity index (χ3n) is 1.95. The largest absolute Gasteiger partial charge is 0.260 e. The molecule has 0 bridgehead atoms. The van der Waals surface area contributed by atoms with Gasteiger partial charge < -0.3 is 0 Å². The molecular formula is C10H8BrN. The zero-order valence-corrected chi connectivity index (χ0v) is 8.30. The molecule has 0 radical (unpaired) electrons. The Hall–Kier alpha value is -0.890. The lowest BCUT2D eigenvalue weighted by atomic mass is 10.1. The minimum Gasteiger partial charge on any atom is -0.260 e. The monoisotopic (exact) mass is 221 g/mol. The lowest BCUT2D eigenvalue weighted by Gasteiger charge is -2.01. The topological polar surface area (TPSA) is 12.9 Å². The van der Waals surface area contributed by atoms with E-state index in [9.17, 15) is 0 Å². The first-order valence-corrected chi connectivity index (χ1v) is 4.58. The number of aryl methyl sites for hydroxylation is 1. The van der Waals surface area contributed by atoms with Crippen LogP contribution in [0.4, 0.5) is 0 Å². The highest BCUT2D eigenvalue weighted by molar-refractivity contribution is 9.10. The molecule has 0 N–H and O–H groups in total. The molecule has 0 unspecified atom stereocenters. The lowest BCUT2D eigenvalue weighted by molar-refractivity contribution is 1.23. The highest BCUT2D eigenvalue weighted by Crippen LogP contribution is 2.24. The zero-order chi connectivity index (χ0) is 8.55. The van der Waals surface area contributed by atoms with Gasteiger partial charge in [0.15, 0.2) is 0 Å². The van der Waals surface area contributed by atoms with Crippen LogP contribution in [0.15, 0.2) is 34.9 Å². The fourth-order valence-corrected chi connectivity index (χ4v) is 1.75. The highest BCUT2D eigenvalue weighted by atomic mass is 79.9. The molecule has 0 fully saturated rings. The average Bonchev–Trinajstić information content (AvgIpc) is 2.12. The molecule has 1 aromatic carbocycles. The highest BCUT2D eigenvalue weighted by Gasteiger charge is 1.99. The number of nitrogens with zero attached hydrogens (tertiary/aromatic N) is 1. The summed E-state index contributed by atoms with van der Waals surface area (Å²) in [6.07, 6.45) is 1.84. The SMILES string of the molecule is Cc1ncc(Br)c2ccccc12. The summed E-state index contributed by atoms with van der Waals surface area (Å²) in [4.78, 5) is 4.26. The molecule has 2 rings (SSSR count). The van der Waals surface area contributed by atoms with Gasteiger partial charge in [0.2, 0.25) is 0 Å². The number of hydrogen-bond donors (Lipinski definition) is 0. The molecule has 0 aliphatic heterocycles. The summed E-state index contributed by atoms with van der Waals surface area (Å²) >= 11 is 3.47. The van der Waals surface area contributed by atoms with Crippen LogP contribution in [-0.2, 0) is 0 Å². The molecule has 1 heterocycles. The van der Waals surface area contributed by atoms with Crippen molar-refractivity contribution in [2.45, 2.75) is 6.92 Å². The number of halogens is 1. The van der Waals surface area contributed by atoms with Crippen LogP contribution >= 0.6 is 15.9 Å². The van der Waals surface area contributed by atoms with Crippen molar-refractivity contribution in [3.8, 4) is 0 Å². The van der Waals surface area contributed by atoms with Crippen LogP contribution in [0.2, 0.25) is 0 Å². The molecule has 0 amide bonds. The zero-order valence-electron chi connectivity index (χ0n) is 6.71. The fourth-order valence-electron chi connectivity index (χ4n) is 1.30. The Balaban J connectivity index is 2.95. The van der Waals surface area contributed by atoms with E-state index in [4.69, 9.17) is 0 Å². The molecule has 2 aromatic rings. The van der Waals surface area contributed by atoms with Crippen molar-refractivity contribution in [1.29, 1.82) is 0 Å². The number of rotatable bonds is 0. The summed E-state index contributed by atoms with van der Waals surface area (Å²) in [6.45, 7) is 2.02. The second kappa shape index (κ2) is 2.87. The van der Waals surface area contributed by atoms with Gasteiger partial charge in [0, 0.05) is 21.7 Å². The Morgan fingerprint density at radius 3 is 2.50 bits per heavy atom. The smallest absolute Gasteiger partial charge is 0.0451 e. The van der Waals surface area contributed by atoms with E-state index in [0.29, 0.717) is 0 Å². The molecule has 0 saturated carbocycles. The van der Waals surface area contributed by atoms with Crippen molar-refractivity contribution in [1.82, 2.24) is 4.98 Å². The third kappa shape index (κ3) is 1.12. The minimum atomic E-state index is 1.06.